The fourth-order valence-electron chi connectivity index (χ4n) is 6.33. The van der Waals surface area contributed by atoms with Crippen molar-refractivity contribution in [2.45, 2.75) is 113 Å². The molecule has 1 aromatic heterocycles. The number of rotatable bonds is 20. The molecular weight excluding hydrogens is 718 g/mol. The number of unbranched alkanes of at least 4 members (excludes halogenated alkanes) is 3. The van der Waals surface area contributed by atoms with E-state index in [1.165, 1.54) is 6.92 Å². The number of aliphatic carboxylic acids is 1. The van der Waals surface area contributed by atoms with E-state index in [4.69, 9.17) is 20.6 Å². The van der Waals surface area contributed by atoms with E-state index in [9.17, 15) is 39.3 Å². The first-order valence-corrected chi connectivity index (χ1v) is 18.5. The fourth-order valence-corrected chi connectivity index (χ4v) is 7.88. The number of carboxylic acids is 1. The van der Waals surface area contributed by atoms with Gasteiger partial charge >= 0.3 is 18.1 Å². The maximum atomic E-state index is 12.8. The number of hydrogen-bond acceptors (Lipinski definition) is 13. The summed E-state index contributed by atoms with van der Waals surface area (Å²) < 4.78 is 12.5. The number of aliphatic hydroxyl groups is 2. The highest BCUT2D eigenvalue weighted by atomic mass is 32.2. The molecule has 1 aromatic rings. The van der Waals surface area contributed by atoms with Crippen LogP contribution in [0.5, 0.6) is 0 Å². The van der Waals surface area contributed by atoms with E-state index in [1.807, 2.05) is 11.8 Å². The van der Waals surface area contributed by atoms with E-state index >= 15 is 0 Å². The number of amides is 5. The summed E-state index contributed by atoms with van der Waals surface area (Å²) in [7, 11) is 0. The van der Waals surface area contributed by atoms with Gasteiger partial charge in [-0.2, -0.15) is 11.8 Å². The van der Waals surface area contributed by atoms with Crippen molar-refractivity contribution in [3.8, 4) is 0 Å². The number of carbonyl (C=O) groups excluding carboxylic acids is 4. The number of ether oxygens (including phenoxy) is 2. The van der Waals surface area contributed by atoms with Gasteiger partial charge in [-0.15, -0.1) is 5.10 Å². The number of guanidine groups is 1. The number of thioether (sulfide) groups is 1. The predicted octanol–water partition coefficient (Wildman–Crippen LogP) is -2.04. The number of nitrogens with two attached hydrogens (primary N) is 1. The van der Waals surface area contributed by atoms with Gasteiger partial charge in [0.05, 0.1) is 43.5 Å². The molecule has 3 aliphatic rings. The van der Waals surface area contributed by atoms with Crippen LogP contribution in [0.25, 0.3) is 0 Å². The molecule has 294 valence electrons. The van der Waals surface area contributed by atoms with Crippen LogP contribution in [-0.4, -0.2) is 133 Å². The van der Waals surface area contributed by atoms with E-state index in [-0.39, 0.29) is 30.6 Å². The Bertz CT molecular complexity index is 1500. The Balaban J connectivity index is 1.15. The first kappa shape index (κ1) is 40.9. The third-order valence-corrected chi connectivity index (χ3v) is 10.3. The zero-order chi connectivity index (χ0) is 38.5. The molecule has 4 rings (SSSR count). The predicted molar refractivity (Wildman–Crippen MR) is 188 cm³/mol. The normalized spacial score (nSPS) is 24.3. The Hall–Kier alpha value is -4.83. The second kappa shape index (κ2) is 19.9. The molecule has 3 aliphatic heterocycles. The summed E-state index contributed by atoms with van der Waals surface area (Å²) in [6.07, 6.45) is 2.18. The summed E-state index contributed by atoms with van der Waals surface area (Å²) in [4.78, 5) is 60.4. The van der Waals surface area contributed by atoms with Gasteiger partial charge in [-0.25, -0.2) is 14.4 Å². The maximum absolute atomic E-state index is 12.8. The first-order chi connectivity index (χ1) is 25.3. The van der Waals surface area contributed by atoms with Crippen molar-refractivity contribution < 1.29 is 48.8 Å². The second-order valence-corrected chi connectivity index (χ2v) is 14.2. The minimum atomic E-state index is -1.77. The Kier molecular flexibility index (Phi) is 15.3. The monoisotopic (exact) mass is 767 g/mol. The molecule has 53 heavy (non-hydrogen) atoms. The molecule has 0 radical (unpaired) electrons. The number of carboxylic acid groups (broad SMARTS) is 1. The zero-order valence-corrected chi connectivity index (χ0v) is 30.1. The molecule has 2 fully saturated rings. The van der Waals surface area contributed by atoms with E-state index in [0.717, 1.165) is 50.4 Å². The molecule has 0 aliphatic carbocycles. The van der Waals surface area contributed by atoms with Gasteiger partial charge in [-0.05, 0) is 38.2 Å². The van der Waals surface area contributed by atoms with Crippen LogP contribution in [0.2, 0.25) is 0 Å². The Morgan fingerprint density at radius 2 is 1.96 bits per heavy atom. The lowest BCUT2D eigenvalue weighted by atomic mass is 9.92. The van der Waals surface area contributed by atoms with Gasteiger partial charge in [-0.3, -0.25) is 19.7 Å². The third kappa shape index (κ3) is 12.4. The average molecular weight is 768 g/mol. The van der Waals surface area contributed by atoms with Gasteiger partial charge < -0.3 is 62.4 Å². The Morgan fingerprint density at radius 3 is 2.68 bits per heavy atom. The molecular formula is C31H49N11O10S. The van der Waals surface area contributed by atoms with Crippen LogP contribution in [0.4, 0.5) is 9.59 Å². The number of alkyl carbamates (subject to hydrolysis) is 1. The highest BCUT2D eigenvalue weighted by Crippen LogP contribution is 2.33. The summed E-state index contributed by atoms with van der Waals surface area (Å²) in [6.45, 7) is 1.25. The SMILES string of the molecule is CC(=O)N[C@H]1[C@H]([C@H](OC(=O)NCc2cn(CCCCCNC(=O)CCCC[C@@H]3SC[C@@H]4NC(=O)N[C@@H]43)nn2)[C@H](O)CO)OC(C(=O)O)=C[C@@H]1NC(=N)N. The van der Waals surface area contributed by atoms with Gasteiger partial charge in [0.2, 0.25) is 17.6 Å². The number of fused-ring (bicyclic) bond motifs is 1. The molecule has 0 bridgehead atoms. The number of nitrogens with one attached hydrogen (secondary N) is 7. The minimum Gasteiger partial charge on any atom is -0.477 e. The number of hydrogen-bond donors (Lipinski definition) is 11. The van der Waals surface area contributed by atoms with E-state index in [0.29, 0.717) is 30.5 Å². The molecule has 2 saturated heterocycles. The number of carbonyl (C=O) groups is 5. The van der Waals surface area contributed by atoms with E-state index in [2.05, 4.69) is 42.2 Å². The Labute approximate surface area is 309 Å². The molecule has 0 aromatic carbocycles. The average Bonchev–Trinajstić information content (AvgIpc) is 3.82. The molecule has 5 amide bonds. The van der Waals surface area contributed by atoms with Crippen LogP contribution in [0.15, 0.2) is 18.0 Å². The number of aromatic nitrogens is 3. The smallest absolute Gasteiger partial charge is 0.407 e. The number of aryl methyl sites for hydroxylation is 1. The minimum absolute atomic E-state index is 0.0248. The van der Waals surface area contributed by atoms with Gasteiger partial charge in [0, 0.05) is 37.4 Å². The van der Waals surface area contributed by atoms with Crippen molar-refractivity contribution in [2.24, 2.45) is 5.73 Å². The molecule has 4 heterocycles. The summed E-state index contributed by atoms with van der Waals surface area (Å²) in [5, 5.41) is 62.2. The molecule has 0 spiro atoms. The van der Waals surface area contributed by atoms with Crippen LogP contribution in [0, 0.1) is 5.41 Å². The molecule has 0 unspecified atom stereocenters. The van der Waals surface area contributed by atoms with Gasteiger partial charge in [0.1, 0.15) is 11.8 Å². The zero-order valence-electron chi connectivity index (χ0n) is 29.3. The maximum Gasteiger partial charge on any atom is 0.407 e. The van der Waals surface area contributed by atoms with Crippen LogP contribution >= 0.6 is 11.8 Å². The highest BCUT2D eigenvalue weighted by Gasteiger charge is 2.46. The van der Waals surface area contributed by atoms with Gasteiger partial charge in [0.25, 0.3) is 0 Å². The summed E-state index contributed by atoms with van der Waals surface area (Å²) >= 11 is 1.87. The van der Waals surface area contributed by atoms with Crippen LogP contribution in [0.3, 0.4) is 0 Å². The Morgan fingerprint density at radius 1 is 1.17 bits per heavy atom. The van der Waals surface area contributed by atoms with Crippen LogP contribution < -0.4 is 37.6 Å². The molecule has 0 saturated carbocycles. The third-order valence-electron chi connectivity index (χ3n) is 8.84. The van der Waals surface area contributed by atoms with Crippen molar-refractivity contribution in [1.82, 2.24) is 46.9 Å². The van der Waals surface area contributed by atoms with Crippen molar-refractivity contribution in [3.63, 3.8) is 0 Å². The van der Waals surface area contributed by atoms with Crippen molar-refractivity contribution in [2.75, 3.05) is 18.9 Å². The molecule has 21 nitrogen and oxygen atoms in total. The topological polar surface area (TPSA) is 317 Å². The fraction of sp³-hybridized carbons (Fsp3) is 0.677. The lowest BCUT2D eigenvalue weighted by Gasteiger charge is -2.41. The quantitative estimate of drug-likeness (QED) is 0.0295. The van der Waals surface area contributed by atoms with Crippen LogP contribution in [0.1, 0.15) is 57.6 Å². The molecule has 12 N–H and O–H groups in total. The van der Waals surface area contributed by atoms with Crippen LogP contribution in [-0.2, 0) is 36.9 Å². The van der Waals surface area contributed by atoms with E-state index < -0.39 is 66.7 Å². The highest BCUT2D eigenvalue weighted by molar-refractivity contribution is 8.00. The van der Waals surface area contributed by atoms with Crippen molar-refractivity contribution in [3.05, 3.63) is 23.7 Å². The van der Waals surface area contributed by atoms with Gasteiger partial charge in [0.15, 0.2) is 18.2 Å². The lowest BCUT2D eigenvalue weighted by molar-refractivity contribution is -0.146. The lowest BCUT2D eigenvalue weighted by Crippen LogP contribution is -2.65. The standard InChI is InChI=1S/C31H49N11O10S/c1-16(44)36-25-18(37-29(32)33)11-21(28(47)48)51-27(25)26(20(45)14-43)52-31(50)35-12-17-13-42(41-40-17)10-6-2-5-9-34-23(46)8-4-3-7-22-24-19(15-53-22)38-30(49)39-24/h11,13,18-20,22,24-27,43,45H,2-10,12,14-15H2,1H3,(H,34,46)(H,35,50)(H,36,44)(H,47,48)(H4,32,33,37)(H2,38,39,49)/t18-,19-,20+,22-,24-,25+,26+,27+/m0/s1. The number of aliphatic hydroxyl groups excluding tert-OH is 2. The van der Waals surface area contributed by atoms with Crippen molar-refractivity contribution >= 4 is 47.6 Å². The molecule has 22 heteroatoms. The summed E-state index contributed by atoms with van der Waals surface area (Å²) in [6, 6.07) is -2.03. The largest absolute Gasteiger partial charge is 0.477 e. The number of urea groups is 1. The van der Waals surface area contributed by atoms with E-state index in [1.54, 1.807) is 10.9 Å². The summed E-state index contributed by atoms with van der Waals surface area (Å²) in [5.41, 5.74) is 5.83. The second-order valence-electron chi connectivity index (χ2n) is 13.0. The first-order valence-electron chi connectivity index (χ1n) is 17.4. The summed E-state index contributed by atoms with van der Waals surface area (Å²) in [5.74, 6) is -2.34. The molecule has 8 atom stereocenters. The number of nitrogens with zero attached hydrogens (tertiary/aromatic N) is 3. The van der Waals surface area contributed by atoms with Crippen molar-refractivity contribution in [1.29, 1.82) is 5.41 Å². The van der Waals surface area contributed by atoms with Gasteiger partial charge in [-0.1, -0.05) is 11.6 Å².